The van der Waals surface area contributed by atoms with Crippen LogP contribution in [-0.4, -0.2) is 45.9 Å². The monoisotopic (exact) mass is 294 g/mol. The first-order valence-corrected chi connectivity index (χ1v) is 7.03. The normalized spacial score (nSPS) is 21.1. The van der Waals surface area contributed by atoms with E-state index >= 15 is 0 Å². The molecule has 116 valence electrons. The van der Waals surface area contributed by atoms with Gasteiger partial charge in [0.1, 0.15) is 11.5 Å². The van der Waals surface area contributed by atoms with Gasteiger partial charge in [-0.3, -0.25) is 4.79 Å². The fourth-order valence-corrected chi connectivity index (χ4v) is 2.41. The predicted octanol–water partition coefficient (Wildman–Crippen LogP) is 1.27. The number of likely N-dealkylation sites (N-methyl/N-ethyl adjacent to an activating group) is 1. The lowest BCUT2D eigenvalue weighted by molar-refractivity contribution is -0.120. The van der Waals surface area contributed by atoms with Crippen LogP contribution in [0.25, 0.3) is 0 Å². The molecule has 21 heavy (non-hydrogen) atoms. The van der Waals surface area contributed by atoms with Crippen molar-refractivity contribution in [3.05, 3.63) is 18.2 Å². The summed E-state index contributed by atoms with van der Waals surface area (Å²) in [5, 5.41) is 6.17. The summed E-state index contributed by atoms with van der Waals surface area (Å²) in [7, 11) is 3.15. The summed E-state index contributed by atoms with van der Waals surface area (Å²) in [6.45, 7) is 3.80. The summed E-state index contributed by atoms with van der Waals surface area (Å²) in [6.07, 6.45) is 0. The average molecular weight is 294 g/mol. The molecule has 1 fully saturated rings. The topological polar surface area (TPSA) is 68.8 Å². The van der Waals surface area contributed by atoms with E-state index in [9.17, 15) is 4.79 Å². The van der Waals surface area contributed by atoms with Crippen molar-refractivity contribution in [2.45, 2.75) is 13.0 Å². The summed E-state index contributed by atoms with van der Waals surface area (Å²) in [5.74, 6) is 0.978. The molecule has 0 bridgehead atoms. The molecule has 0 aliphatic carbocycles. The van der Waals surface area contributed by atoms with Gasteiger partial charge in [0.05, 0.1) is 39.0 Å². The van der Waals surface area contributed by atoms with E-state index in [2.05, 4.69) is 10.6 Å². The fraction of sp³-hybridized carbons (Fsp3) is 0.533. The number of hydrogen-bond acceptors (Lipinski definition) is 5. The number of benzene rings is 1. The first-order valence-electron chi connectivity index (χ1n) is 7.03. The molecule has 1 aliphatic rings. The molecule has 6 heteroatoms. The summed E-state index contributed by atoms with van der Waals surface area (Å²) in [6, 6.07) is 5.34. The van der Waals surface area contributed by atoms with Crippen LogP contribution in [0.3, 0.4) is 0 Å². The van der Waals surface area contributed by atoms with E-state index in [1.807, 2.05) is 6.92 Å². The number of amides is 1. The highest BCUT2D eigenvalue weighted by atomic mass is 16.5. The highest BCUT2D eigenvalue weighted by Crippen LogP contribution is 2.29. The number of methoxy groups -OCH3 is 2. The van der Waals surface area contributed by atoms with Gasteiger partial charge < -0.3 is 24.8 Å². The first-order chi connectivity index (χ1) is 10.2. The van der Waals surface area contributed by atoms with E-state index in [1.165, 1.54) is 0 Å². The van der Waals surface area contributed by atoms with Crippen molar-refractivity contribution in [3.63, 3.8) is 0 Å². The minimum Gasteiger partial charge on any atom is -0.497 e. The third-order valence-corrected chi connectivity index (χ3v) is 3.55. The van der Waals surface area contributed by atoms with Gasteiger partial charge in [-0.15, -0.1) is 0 Å². The van der Waals surface area contributed by atoms with Crippen LogP contribution >= 0.6 is 0 Å². The predicted molar refractivity (Wildman–Crippen MR) is 79.9 cm³/mol. The Morgan fingerprint density at radius 3 is 2.81 bits per heavy atom. The lowest BCUT2D eigenvalue weighted by Crippen LogP contribution is -2.41. The first kappa shape index (κ1) is 15.6. The number of carbonyl (C=O) groups is 1. The molecule has 1 aliphatic heterocycles. The Labute approximate surface area is 124 Å². The van der Waals surface area contributed by atoms with Crippen LogP contribution in [0.5, 0.6) is 11.5 Å². The molecular weight excluding hydrogens is 272 g/mol. The third-order valence-electron chi connectivity index (χ3n) is 3.55. The minimum atomic E-state index is -0.208. The van der Waals surface area contributed by atoms with Crippen LogP contribution in [0.4, 0.5) is 5.69 Å². The van der Waals surface area contributed by atoms with E-state index in [-0.39, 0.29) is 17.9 Å². The van der Waals surface area contributed by atoms with Crippen LogP contribution in [-0.2, 0) is 9.53 Å². The van der Waals surface area contributed by atoms with Crippen molar-refractivity contribution in [3.8, 4) is 11.5 Å². The van der Waals surface area contributed by atoms with Gasteiger partial charge in [0.2, 0.25) is 5.91 Å². The molecule has 2 rings (SSSR count). The van der Waals surface area contributed by atoms with Gasteiger partial charge in [-0.25, -0.2) is 0 Å². The van der Waals surface area contributed by atoms with E-state index < -0.39 is 0 Å². The zero-order valence-electron chi connectivity index (χ0n) is 12.6. The van der Waals surface area contributed by atoms with E-state index in [4.69, 9.17) is 14.2 Å². The zero-order valence-corrected chi connectivity index (χ0v) is 12.6. The highest BCUT2D eigenvalue weighted by Gasteiger charge is 2.33. The molecule has 1 saturated heterocycles. The van der Waals surface area contributed by atoms with E-state index in [1.54, 1.807) is 32.4 Å². The van der Waals surface area contributed by atoms with Crippen LogP contribution < -0.4 is 20.1 Å². The van der Waals surface area contributed by atoms with Crippen molar-refractivity contribution in [2.75, 3.05) is 39.3 Å². The lowest BCUT2D eigenvalue weighted by atomic mass is 10.0. The van der Waals surface area contributed by atoms with Crippen LogP contribution in [0.2, 0.25) is 0 Å². The fourth-order valence-electron chi connectivity index (χ4n) is 2.41. The van der Waals surface area contributed by atoms with Crippen LogP contribution in [0, 0.1) is 5.92 Å². The Morgan fingerprint density at radius 1 is 1.33 bits per heavy atom. The number of nitrogens with one attached hydrogen (secondary N) is 2. The Hall–Kier alpha value is -1.79. The van der Waals surface area contributed by atoms with Gasteiger partial charge in [-0.1, -0.05) is 6.92 Å². The highest BCUT2D eigenvalue weighted by molar-refractivity contribution is 5.95. The second-order valence-corrected chi connectivity index (χ2v) is 4.86. The van der Waals surface area contributed by atoms with Gasteiger partial charge in [0.25, 0.3) is 0 Å². The van der Waals surface area contributed by atoms with Crippen molar-refractivity contribution >= 4 is 11.6 Å². The molecule has 0 radical (unpaired) electrons. The maximum atomic E-state index is 12.4. The van der Waals surface area contributed by atoms with Gasteiger partial charge >= 0.3 is 0 Å². The van der Waals surface area contributed by atoms with Crippen molar-refractivity contribution in [2.24, 2.45) is 5.92 Å². The van der Waals surface area contributed by atoms with Gasteiger partial charge in [-0.05, 0) is 18.7 Å². The molecular formula is C15H22N2O4. The Bertz CT molecular complexity index is 493. The Morgan fingerprint density at radius 2 is 2.14 bits per heavy atom. The maximum Gasteiger partial charge on any atom is 0.231 e. The Balaban J connectivity index is 2.11. The molecule has 1 aromatic carbocycles. The third kappa shape index (κ3) is 3.65. The molecule has 0 saturated carbocycles. The summed E-state index contributed by atoms with van der Waals surface area (Å²) >= 11 is 0. The molecule has 2 unspecified atom stereocenters. The molecule has 2 atom stereocenters. The quantitative estimate of drug-likeness (QED) is 0.827. The number of carbonyl (C=O) groups excluding carboxylic acids is 1. The number of rotatable bonds is 6. The van der Waals surface area contributed by atoms with Crippen molar-refractivity contribution < 1.29 is 19.0 Å². The smallest absolute Gasteiger partial charge is 0.231 e. The summed E-state index contributed by atoms with van der Waals surface area (Å²) in [5.41, 5.74) is 0.601. The molecule has 2 N–H and O–H groups in total. The van der Waals surface area contributed by atoms with Crippen LogP contribution in [0.1, 0.15) is 6.92 Å². The summed E-state index contributed by atoms with van der Waals surface area (Å²) in [4.78, 5) is 12.4. The molecule has 6 nitrogen and oxygen atoms in total. The number of hydrogen-bond donors (Lipinski definition) is 2. The molecule has 1 heterocycles. The van der Waals surface area contributed by atoms with Crippen molar-refractivity contribution in [1.82, 2.24) is 5.32 Å². The lowest BCUT2D eigenvalue weighted by Gasteiger charge is -2.19. The molecule has 1 amide bonds. The van der Waals surface area contributed by atoms with E-state index in [0.717, 1.165) is 6.54 Å². The zero-order chi connectivity index (χ0) is 15.2. The average Bonchev–Trinajstić information content (AvgIpc) is 2.96. The van der Waals surface area contributed by atoms with Gasteiger partial charge in [0.15, 0.2) is 0 Å². The number of anilines is 1. The molecule has 0 spiro atoms. The molecule has 0 aromatic heterocycles. The standard InChI is InChI=1S/C15H22N2O4/c1-4-16-13-9-21-8-11(13)15(18)17-12-7-10(19-2)5-6-14(12)20-3/h5-7,11,13,16H,4,8-9H2,1-3H3,(H,17,18). The second kappa shape index (κ2) is 7.28. The second-order valence-electron chi connectivity index (χ2n) is 4.86. The largest absolute Gasteiger partial charge is 0.497 e. The maximum absolute atomic E-state index is 12.4. The van der Waals surface area contributed by atoms with E-state index in [0.29, 0.717) is 30.4 Å². The Kier molecular flexibility index (Phi) is 5.41. The molecule has 1 aromatic rings. The van der Waals surface area contributed by atoms with Crippen LogP contribution in [0.15, 0.2) is 18.2 Å². The number of ether oxygens (including phenoxy) is 3. The SMILES string of the molecule is CCNC1COCC1C(=O)Nc1cc(OC)ccc1OC. The minimum absolute atomic E-state index is 0.0478. The van der Waals surface area contributed by atoms with Gasteiger partial charge in [-0.2, -0.15) is 0 Å². The van der Waals surface area contributed by atoms with Crippen molar-refractivity contribution in [1.29, 1.82) is 0 Å². The summed E-state index contributed by atoms with van der Waals surface area (Å²) < 4.78 is 15.8. The van der Waals surface area contributed by atoms with Gasteiger partial charge in [0, 0.05) is 12.1 Å².